The summed E-state index contributed by atoms with van der Waals surface area (Å²) >= 11 is 0. The summed E-state index contributed by atoms with van der Waals surface area (Å²) in [5, 5.41) is 0. The molecule has 5 rings (SSSR count). The van der Waals surface area contributed by atoms with Crippen molar-refractivity contribution in [3.8, 4) is 0 Å². The lowest BCUT2D eigenvalue weighted by molar-refractivity contribution is 0.171. The number of rotatable bonds is 2. The van der Waals surface area contributed by atoms with E-state index in [4.69, 9.17) is 4.98 Å². The normalized spacial score (nSPS) is 24.3. The van der Waals surface area contributed by atoms with Crippen LogP contribution in [0.4, 0.5) is 22.9 Å². The third-order valence-corrected chi connectivity index (χ3v) is 6.80. The molecule has 0 saturated carbocycles. The maximum Gasteiger partial charge on any atom is 0.162 e. The van der Waals surface area contributed by atoms with Crippen LogP contribution in [0.25, 0.3) is 0 Å². The molecule has 2 aromatic carbocycles. The summed E-state index contributed by atoms with van der Waals surface area (Å²) in [5.74, 6) is 0.947. The highest BCUT2D eigenvalue weighted by molar-refractivity contribution is 5.88. The Balaban J connectivity index is 1.86. The summed E-state index contributed by atoms with van der Waals surface area (Å²) in [7, 11) is 0. The van der Waals surface area contributed by atoms with E-state index in [-0.39, 0.29) is 17.0 Å². The van der Waals surface area contributed by atoms with Gasteiger partial charge in [-0.15, -0.1) is 6.58 Å². The first kappa shape index (κ1) is 17.0. The van der Waals surface area contributed by atoms with E-state index in [1.807, 2.05) is 12.3 Å². The third-order valence-electron chi connectivity index (χ3n) is 6.80. The van der Waals surface area contributed by atoms with Gasteiger partial charge in [-0.05, 0) is 23.8 Å². The molecule has 140 valence electrons. The van der Waals surface area contributed by atoms with E-state index in [0.717, 1.165) is 17.2 Å². The van der Waals surface area contributed by atoms with E-state index < -0.39 is 0 Å². The van der Waals surface area contributed by atoms with E-state index in [2.05, 4.69) is 96.7 Å². The van der Waals surface area contributed by atoms with Crippen molar-refractivity contribution < 1.29 is 0 Å². The average molecular weight is 368 g/mol. The predicted molar refractivity (Wildman–Crippen MR) is 114 cm³/mol. The van der Waals surface area contributed by atoms with Gasteiger partial charge in [0, 0.05) is 22.2 Å². The first-order chi connectivity index (χ1) is 13.5. The maximum absolute atomic E-state index is 4.70. The van der Waals surface area contributed by atoms with Gasteiger partial charge in [-0.25, -0.2) is 9.97 Å². The molecule has 2 aliphatic heterocycles. The maximum atomic E-state index is 4.70. The van der Waals surface area contributed by atoms with Crippen molar-refractivity contribution in [3.63, 3.8) is 0 Å². The second kappa shape index (κ2) is 5.68. The number of anilines is 4. The molecule has 0 bridgehead atoms. The highest BCUT2D eigenvalue weighted by atomic mass is 15.5. The van der Waals surface area contributed by atoms with Crippen LogP contribution in [0.3, 0.4) is 0 Å². The van der Waals surface area contributed by atoms with Crippen molar-refractivity contribution in [2.75, 3.05) is 9.80 Å². The van der Waals surface area contributed by atoms with Crippen molar-refractivity contribution in [2.24, 2.45) is 5.41 Å². The number of nitrogens with zero attached hydrogens (tertiary/aromatic N) is 4. The summed E-state index contributed by atoms with van der Waals surface area (Å²) in [6.07, 6.45) is 5.74. The number of hydrogen-bond acceptors (Lipinski definition) is 4. The third kappa shape index (κ3) is 1.95. The molecule has 0 N–H and O–H groups in total. The Morgan fingerprint density at radius 1 is 0.929 bits per heavy atom. The van der Waals surface area contributed by atoms with Crippen LogP contribution in [-0.2, 0) is 5.41 Å². The smallest absolute Gasteiger partial charge is 0.162 e. The van der Waals surface area contributed by atoms with Crippen LogP contribution in [-0.4, -0.2) is 16.1 Å². The lowest BCUT2D eigenvalue weighted by Crippen LogP contribution is -2.60. The number of fused-ring (bicyclic) bond motifs is 5. The Morgan fingerprint density at radius 3 is 2.39 bits per heavy atom. The van der Waals surface area contributed by atoms with E-state index in [9.17, 15) is 0 Å². The fourth-order valence-electron chi connectivity index (χ4n) is 4.90. The van der Waals surface area contributed by atoms with Crippen LogP contribution >= 0.6 is 0 Å². The molecule has 1 aromatic heterocycles. The molecule has 0 spiro atoms. The topological polar surface area (TPSA) is 32.3 Å². The molecule has 0 amide bonds. The Labute approximate surface area is 166 Å². The van der Waals surface area contributed by atoms with Crippen LogP contribution in [0.15, 0.2) is 79.8 Å². The van der Waals surface area contributed by atoms with E-state index in [0.29, 0.717) is 0 Å². The van der Waals surface area contributed by atoms with Crippen LogP contribution < -0.4 is 9.80 Å². The van der Waals surface area contributed by atoms with E-state index in [1.165, 1.54) is 11.3 Å². The molecule has 28 heavy (non-hydrogen) atoms. The van der Waals surface area contributed by atoms with Crippen LogP contribution in [0, 0.1) is 5.41 Å². The largest absolute Gasteiger partial charge is 0.315 e. The fourth-order valence-corrected chi connectivity index (χ4v) is 4.90. The van der Waals surface area contributed by atoms with Crippen LogP contribution in [0.2, 0.25) is 0 Å². The van der Waals surface area contributed by atoms with Crippen LogP contribution in [0.1, 0.15) is 26.3 Å². The summed E-state index contributed by atoms with van der Waals surface area (Å²) in [4.78, 5) is 13.8. The van der Waals surface area contributed by atoms with Gasteiger partial charge in [0.25, 0.3) is 0 Å². The van der Waals surface area contributed by atoms with Gasteiger partial charge < -0.3 is 9.80 Å². The zero-order valence-electron chi connectivity index (χ0n) is 16.5. The zero-order valence-corrected chi connectivity index (χ0v) is 16.5. The summed E-state index contributed by atoms with van der Waals surface area (Å²) < 4.78 is 0. The molecule has 0 saturated heterocycles. The molecular formula is C24H24N4. The molecule has 4 nitrogen and oxygen atoms in total. The minimum Gasteiger partial charge on any atom is -0.315 e. The molecule has 4 heteroatoms. The number of para-hydroxylation sites is 2. The Bertz CT molecular complexity index is 1060. The monoisotopic (exact) mass is 368 g/mol. The van der Waals surface area contributed by atoms with Gasteiger partial charge in [-0.1, -0.05) is 63.2 Å². The Kier molecular flexibility index (Phi) is 3.45. The number of hydrogen-bond donors (Lipinski definition) is 0. The Hall–Kier alpha value is -3.14. The van der Waals surface area contributed by atoms with Crippen molar-refractivity contribution in [1.29, 1.82) is 0 Å². The molecule has 3 aromatic rings. The fraction of sp³-hybridized carbons (Fsp3) is 0.250. The Morgan fingerprint density at radius 2 is 1.64 bits per heavy atom. The van der Waals surface area contributed by atoms with Gasteiger partial charge in [-0.3, -0.25) is 0 Å². The van der Waals surface area contributed by atoms with Crippen molar-refractivity contribution in [3.05, 3.63) is 85.3 Å². The minimum absolute atomic E-state index is 0.0551. The van der Waals surface area contributed by atoms with E-state index in [1.54, 1.807) is 6.33 Å². The first-order valence-corrected chi connectivity index (χ1v) is 9.67. The second-order valence-electron chi connectivity index (χ2n) is 8.33. The first-order valence-electron chi connectivity index (χ1n) is 9.67. The summed E-state index contributed by atoms with van der Waals surface area (Å²) in [6, 6.07) is 19.2. The number of benzene rings is 2. The molecule has 0 aliphatic carbocycles. The van der Waals surface area contributed by atoms with Gasteiger partial charge in [0.2, 0.25) is 0 Å². The number of aromatic nitrogens is 2. The predicted octanol–water partition coefficient (Wildman–Crippen LogP) is 5.58. The molecule has 2 aliphatic rings. The highest BCUT2D eigenvalue weighted by Crippen LogP contribution is 2.61. The second-order valence-corrected chi connectivity index (χ2v) is 8.33. The standard InChI is InChI=1S/C24H24N4/c1-5-24(4)18-13-9-10-14-19(18)28-20-15-25-16-26-21(20)27(22(28)23(24,2)3)17-11-7-6-8-12-17/h5-16,22H,1H2,2-4H3. The van der Waals surface area contributed by atoms with Crippen LogP contribution in [0.5, 0.6) is 0 Å². The SMILES string of the molecule is C=CC1(C)c2ccccc2N2c3cncnc3N(c3ccccc3)C2C1(C)C. The van der Waals surface area contributed by atoms with Gasteiger partial charge in [0.05, 0.1) is 6.20 Å². The lowest BCUT2D eigenvalue weighted by atomic mass is 9.58. The molecule has 0 fully saturated rings. The quantitative estimate of drug-likeness (QED) is 0.553. The van der Waals surface area contributed by atoms with Gasteiger partial charge in [-0.2, -0.15) is 0 Å². The average Bonchev–Trinajstić information content (AvgIpc) is 3.09. The van der Waals surface area contributed by atoms with E-state index >= 15 is 0 Å². The summed E-state index contributed by atoms with van der Waals surface area (Å²) in [5.41, 5.74) is 4.31. The summed E-state index contributed by atoms with van der Waals surface area (Å²) in [6.45, 7) is 11.2. The highest BCUT2D eigenvalue weighted by Gasteiger charge is 2.59. The molecule has 3 heterocycles. The van der Waals surface area contributed by atoms with Crippen molar-refractivity contribution in [1.82, 2.24) is 9.97 Å². The lowest BCUT2D eigenvalue weighted by Gasteiger charge is -2.56. The van der Waals surface area contributed by atoms with Crippen molar-refractivity contribution >= 4 is 22.9 Å². The molecule has 0 radical (unpaired) electrons. The number of allylic oxidation sites excluding steroid dienone is 1. The molecule has 2 atom stereocenters. The molecule has 2 unspecified atom stereocenters. The van der Waals surface area contributed by atoms with Crippen molar-refractivity contribution in [2.45, 2.75) is 32.4 Å². The zero-order chi connectivity index (χ0) is 19.5. The molecular weight excluding hydrogens is 344 g/mol. The van der Waals surface area contributed by atoms with Gasteiger partial charge in [0.1, 0.15) is 18.2 Å². The van der Waals surface area contributed by atoms with Gasteiger partial charge in [0.15, 0.2) is 5.82 Å². The van der Waals surface area contributed by atoms with Gasteiger partial charge >= 0.3 is 0 Å². The minimum atomic E-state index is -0.201.